The lowest BCUT2D eigenvalue weighted by molar-refractivity contribution is 0.0601. The Morgan fingerprint density at radius 1 is 1.53 bits per heavy atom. The third-order valence-corrected chi connectivity index (χ3v) is 2.33. The molecule has 90 valence electrons. The fourth-order valence-electron chi connectivity index (χ4n) is 1.50. The van der Waals surface area contributed by atoms with Crippen LogP contribution >= 0.6 is 0 Å². The third-order valence-electron chi connectivity index (χ3n) is 2.33. The molecule has 1 heterocycles. The van der Waals surface area contributed by atoms with Gasteiger partial charge in [0.25, 0.3) is 6.02 Å². The van der Waals surface area contributed by atoms with Gasteiger partial charge in [0.05, 0.1) is 19.3 Å². The molecule has 1 aliphatic rings. The summed E-state index contributed by atoms with van der Waals surface area (Å²) in [7, 11) is 1.36. The standard InChI is InChI=1S/C12H14N2O3/c1-16-11(15)9-4-2-5-10(8-9)14-12-13-6-3-7-17-12/h2,4-5,8H,3,6-7H2,1H3,(H,13,14). The molecule has 0 bridgehead atoms. The topological polar surface area (TPSA) is 59.9 Å². The highest BCUT2D eigenvalue weighted by Crippen LogP contribution is 2.12. The van der Waals surface area contributed by atoms with Crippen molar-refractivity contribution >= 4 is 17.7 Å². The molecule has 2 rings (SSSR count). The number of carbonyl (C=O) groups excluding carboxylic acids is 1. The fraction of sp³-hybridized carbons (Fsp3) is 0.333. The first kappa shape index (κ1) is 11.4. The smallest absolute Gasteiger partial charge is 0.337 e. The van der Waals surface area contributed by atoms with E-state index in [1.807, 2.05) is 6.07 Å². The maximum absolute atomic E-state index is 11.3. The van der Waals surface area contributed by atoms with E-state index in [0.717, 1.165) is 18.7 Å². The van der Waals surface area contributed by atoms with Crippen molar-refractivity contribution in [1.82, 2.24) is 0 Å². The van der Waals surface area contributed by atoms with Gasteiger partial charge in [0.15, 0.2) is 0 Å². The molecule has 1 aromatic carbocycles. The van der Waals surface area contributed by atoms with E-state index in [0.29, 0.717) is 18.2 Å². The number of esters is 1. The number of nitrogens with zero attached hydrogens (tertiary/aromatic N) is 1. The largest absolute Gasteiger partial charge is 0.465 e. The Hall–Kier alpha value is -2.04. The number of methoxy groups -OCH3 is 1. The van der Waals surface area contributed by atoms with Gasteiger partial charge in [-0.2, -0.15) is 0 Å². The van der Waals surface area contributed by atoms with Crippen molar-refractivity contribution in [2.24, 2.45) is 4.99 Å². The van der Waals surface area contributed by atoms with Crippen molar-refractivity contribution in [3.8, 4) is 0 Å². The van der Waals surface area contributed by atoms with Gasteiger partial charge in [-0.3, -0.25) is 0 Å². The normalized spacial score (nSPS) is 14.5. The Labute approximate surface area is 99.4 Å². The van der Waals surface area contributed by atoms with E-state index in [1.165, 1.54) is 7.11 Å². The van der Waals surface area contributed by atoms with Gasteiger partial charge in [-0.25, -0.2) is 9.79 Å². The van der Waals surface area contributed by atoms with Crippen LogP contribution in [0.15, 0.2) is 29.3 Å². The van der Waals surface area contributed by atoms with Crippen LogP contribution in [0.25, 0.3) is 0 Å². The average molecular weight is 234 g/mol. The van der Waals surface area contributed by atoms with Gasteiger partial charge in [0.2, 0.25) is 0 Å². The molecular weight excluding hydrogens is 220 g/mol. The van der Waals surface area contributed by atoms with Crippen molar-refractivity contribution in [2.45, 2.75) is 6.42 Å². The summed E-state index contributed by atoms with van der Waals surface area (Å²) in [6.07, 6.45) is 0.938. The van der Waals surface area contributed by atoms with Crippen LogP contribution in [0.4, 0.5) is 5.69 Å². The van der Waals surface area contributed by atoms with Crippen LogP contribution in [-0.2, 0) is 9.47 Å². The lowest BCUT2D eigenvalue weighted by Gasteiger charge is -2.15. The van der Waals surface area contributed by atoms with Crippen molar-refractivity contribution < 1.29 is 14.3 Å². The third kappa shape index (κ3) is 2.96. The van der Waals surface area contributed by atoms with Crippen LogP contribution in [0.1, 0.15) is 16.8 Å². The van der Waals surface area contributed by atoms with E-state index in [-0.39, 0.29) is 5.97 Å². The van der Waals surface area contributed by atoms with Gasteiger partial charge in [-0.05, 0) is 18.2 Å². The summed E-state index contributed by atoms with van der Waals surface area (Å²) in [5.74, 6) is -0.361. The van der Waals surface area contributed by atoms with Crippen LogP contribution in [0, 0.1) is 0 Å². The zero-order valence-electron chi connectivity index (χ0n) is 9.60. The second-order valence-corrected chi connectivity index (χ2v) is 3.59. The van der Waals surface area contributed by atoms with Gasteiger partial charge >= 0.3 is 5.97 Å². The lowest BCUT2D eigenvalue weighted by Crippen LogP contribution is -2.21. The quantitative estimate of drug-likeness (QED) is 0.790. The molecule has 17 heavy (non-hydrogen) atoms. The predicted octanol–water partition coefficient (Wildman–Crippen LogP) is 1.66. The zero-order valence-corrected chi connectivity index (χ0v) is 9.60. The van der Waals surface area contributed by atoms with Crippen molar-refractivity contribution in [1.29, 1.82) is 0 Å². The van der Waals surface area contributed by atoms with E-state index in [2.05, 4.69) is 15.0 Å². The van der Waals surface area contributed by atoms with Gasteiger partial charge < -0.3 is 14.8 Å². The van der Waals surface area contributed by atoms with Crippen molar-refractivity contribution in [2.75, 3.05) is 25.6 Å². The van der Waals surface area contributed by atoms with Crippen molar-refractivity contribution in [3.05, 3.63) is 29.8 Å². The number of benzene rings is 1. The van der Waals surface area contributed by atoms with E-state index in [4.69, 9.17) is 4.74 Å². The molecule has 0 aromatic heterocycles. The molecule has 0 fully saturated rings. The van der Waals surface area contributed by atoms with E-state index >= 15 is 0 Å². The first-order valence-electron chi connectivity index (χ1n) is 5.42. The molecule has 0 saturated heterocycles. The molecule has 5 heteroatoms. The summed E-state index contributed by atoms with van der Waals surface area (Å²) < 4.78 is 9.98. The number of hydrogen-bond donors (Lipinski definition) is 1. The minimum atomic E-state index is -0.361. The van der Waals surface area contributed by atoms with Crippen LogP contribution < -0.4 is 5.32 Å². The molecule has 1 aliphatic heterocycles. The maximum atomic E-state index is 11.3. The average Bonchev–Trinajstić information content (AvgIpc) is 2.39. The number of hydrogen-bond acceptors (Lipinski definition) is 5. The Kier molecular flexibility index (Phi) is 3.59. The molecule has 0 saturated carbocycles. The minimum Gasteiger partial charge on any atom is -0.465 e. The number of carbonyl (C=O) groups is 1. The molecule has 0 spiro atoms. The number of aliphatic imine (C=N–C) groups is 1. The number of nitrogens with one attached hydrogen (secondary N) is 1. The molecule has 0 atom stereocenters. The second kappa shape index (κ2) is 5.34. The highest BCUT2D eigenvalue weighted by Gasteiger charge is 2.09. The van der Waals surface area contributed by atoms with Gasteiger partial charge in [0.1, 0.15) is 0 Å². The summed E-state index contributed by atoms with van der Waals surface area (Å²) in [6.45, 7) is 1.43. The minimum absolute atomic E-state index is 0.361. The second-order valence-electron chi connectivity index (χ2n) is 3.59. The SMILES string of the molecule is COC(=O)c1cccc(NC2=NCCCO2)c1. The molecule has 1 N–H and O–H groups in total. The summed E-state index contributed by atoms with van der Waals surface area (Å²) in [4.78, 5) is 15.5. The van der Waals surface area contributed by atoms with E-state index in [1.54, 1.807) is 18.2 Å². The lowest BCUT2D eigenvalue weighted by atomic mass is 10.2. The Balaban J connectivity index is 2.10. The number of anilines is 1. The van der Waals surface area contributed by atoms with Crippen LogP contribution in [0.5, 0.6) is 0 Å². The zero-order chi connectivity index (χ0) is 12.1. The van der Waals surface area contributed by atoms with Gasteiger partial charge in [-0.1, -0.05) is 6.07 Å². The monoisotopic (exact) mass is 234 g/mol. The molecular formula is C12H14N2O3. The maximum Gasteiger partial charge on any atom is 0.337 e. The molecule has 0 unspecified atom stereocenters. The molecule has 0 radical (unpaired) electrons. The first-order chi connectivity index (χ1) is 8.29. The highest BCUT2D eigenvalue weighted by molar-refractivity contribution is 5.93. The van der Waals surface area contributed by atoms with Crippen molar-refractivity contribution in [3.63, 3.8) is 0 Å². The van der Waals surface area contributed by atoms with Gasteiger partial charge in [-0.15, -0.1) is 0 Å². The number of amidine groups is 1. The summed E-state index contributed by atoms with van der Waals surface area (Å²) >= 11 is 0. The van der Waals surface area contributed by atoms with Gasteiger partial charge in [0, 0.05) is 18.7 Å². The van der Waals surface area contributed by atoms with Crippen LogP contribution in [-0.4, -0.2) is 32.3 Å². The van der Waals surface area contributed by atoms with Crippen LogP contribution in [0.3, 0.4) is 0 Å². The predicted molar refractivity (Wildman–Crippen MR) is 64.3 cm³/mol. The van der Waals surface area contributed by atoms with E-state index in [9.17, 15) is 4.79 Å². The number of ether oxygens (including phenoxy) is 2. The van der Waals surface area contributed by atoms with Crippen LogP contribution in [0.2, 0.25) is 0 Å². The first-order valence-corrected chi connectivity index (χ1v) is 5.42. The summed E-state index contributed by atoms with van der Waals surface area (Å²) in [6, 6.07) is 7.51. The number of rotatable bonds is 2. The Morgan fingerprint density at radius 3 is 3.12 bits per heavy atom. The molecule has 0 amide bonds. The fourth-order valence-corrected chi connectivity index (χ4v) is 1.50. The highest BCUT2D eigenvalue weighted by atomic mass is 16.5. The summed E-state index contributed by atoms with van der Waals surface area (Å²) in [5.41, 5.74) is 1.25. The Morgan fingerprint density at radius 2 is 2.41 bits per heavy atom. The molecule has 1 aromatic rings. The summed E-state index contributed by atoms with van der Waals surface area (Å²) in [5, 5.41) is 3.02. The van der Waals surface area contributed by atoms with E-state index < -0.39 is 0 Å². The molecule has 5 nitrogen and oxygen atoms in total. The Bertz CT molecular complexity index is 443. The molecule has 0 aliphatic carbocycles.